The summed E-state index contributed by atoms with van der Waals surface area (Å²) in [5.74, 6) is -2.15. The van der Waals surface area contributed by atoms with E-state index in [1.807, 2.05) is 41.5 Å². The highest BCUT2D eigenvalue weighted by Gasteiger charge is 2.63. The molecule has 0 saturated heterocycles. The van der Waals surface area contributed by atoms with Crippen LogP contribution in [0.4, 0.5) is 0 Å². The summed E-state index contributed by atoms with van der Waals surface area (Å²) in [6.07, 6.45) is -0.559. The van der Waals surface area contributed by atoms with Crippen LogP contribution in [-0.2, 0) is 9.59 Å². The van der Waals surface area contributed by atoms with Gasteiger partial charge in [0.2, 0.25) is 0 Å². The van der Waals surface area contributed by atoms with E-state index in [2.05, 4.69) is 0 Å². The van der Waals surface area contributed by atoms with Crippen LogP contribution in [0.1, 0.15) is 73.6 Å². The highest BCUT2D eigenvalue weighted by molar-refractivity contribution is 6.06. The molecule has 0 amide bonds. The Morgan fingerprint density at radius 2 is 1.54 bits per heavy atom. The number of ketones is 2. The van der Waals surface area contributed by atoms with Crippen LogP contribution in [0.3, 0.4) is 0 Å². The number of rotatable bonds is 10. The first-order valence-corrected chi connectivity index (χ1v) is 10.1. The van der Waals surface area contributed by atoms with Crippen molar-refractivity contribution in [3.63, 3.8) is 0 Å². The maximum Gasteiger partial charge on any atom is 0.152 e. The van der Waals surface area contributed by atoms with E-state index in [0.29, 0.717) is 37.5 Å². The van der Waals surface area contributed by atoms with Gasteiger partial charge in [0.25, 0.3) is 0 Å². The number of carbonyl (C=O) groups excluding carboxylic acids is 2. The molecule has 1 unspecified atom stereocenters. The van der Waals surface area contributed by atoms with Crippen LogP contribution in [0.15, 0.2) is 0 Å². The largest absolute Gasteiger partial charge is 0.390 e. The first-order valence-electron chi connectivity index (χ1n) is 10.1. The number of aliphatic hydroxyl groups excluding tert-OH is 2. The molecular formula is C21H38O5. The van der Waals surface area contributed by atoms with Gasteiger partial charge in [0, 0.05) is 6.42 Å². The summed E-state index contributed by atoms with van der Waals surface area (Å²) in [6.45, 7) is 11.8. The molecule has 0 radical (unpaired) electrons. The zero-order valence-electron chi connectivity index (χ0n) is 17.2. The van der Waals surface area contributed by atoms with E-state index in [0.717, 1.165) is 0 Å². The SMILES string of the molecule is CC(C)CC[C@@H]1C(=O)C(C(=O)CC(C)C)[C@@H](O)[C@@]1(O)[C@@H](O)CCC(C)C. The number of Topliss-reactive ketones (excluding diaryl/α,β-unsaturated/α-hetero) is 2. The molecule has 1 rings (SSSR count). The van der Waals surface area contributed by atoms with Crippen molar-refractivity contribution in [1.82, 2.24) is 0 Å². The zero-order valence-corrected chi connectivity index (χ0v) is 17.2. The molecule has 152 valence electrons. The van der Waals surface area contributed by atoms with Gasteiger partial charge in [-0.25, -0.2) is 0 Å². The highest BCUT2D eigenvalue weighted by atomic mass is 16.4. The molecule has 5 nitrogen and oxygen atoms in total. The fourth-order valence-electron chi connectivity index (χ4n) is 3.96. The lowest BCUT2D eigenvalue weighted by molar-refractivity contribution is -0.167. The van der Waals surface area contributed by atoms with Gasteiger partial charge in [0.05, 0.1) is 12.0 Å². The van der Waals surface area contributed by atoms with E-state index in [-0.39, 0.29) is 18.1 Å². The lowest BCUT2D eigenvalue weighted by atomic mass is 9.78. The standard InChI is InChI=1S/C21H38O5/c1-12(2)7-9-15-19(24)18(16(22)11-14(5)6)20(25)21(15,26)17(23)10-8-13(3)4/h12-15,17-18,20,23,25-26H,7-11H2,1-6H3/t15-,17+,18?,20-,21+/m1/s1. The predicted molar refractivity (Wildman–Crippen MR) is 102 cm³/mol. The molecular weight excluding hydrogens is 332 g/mol. The number of carbonyl (C=O) groups is 2. The maximum atomic E-state index is 13.0. The third kappa shape index (κ3) is 5.14. The number of hydrogen-bond donors (Lipinski definition) is 3. The Hall–Kier alpha value is -0.780. The van der Waals surface area contributed by atoms with Gasteiger partial charge in [0.1, 0.15) is 23.4 Å². The van der Waals surface area contributed by atoms with E-state index in [1.165, 1.54) is 0 Å². The van der Waals surface area contributed by atoms with Crippen molar-refractivity contribution in [1.29, 1.82) is 0 Å². The summed E-state index contributed by atoms with van der Waals surface area (Å²) in [4.78, 5) is 25.5. The number of aliphatic hydroxyl groups is 3. The van der Waals surface area contributed by atoms with Gasteiger partial charge in [-0.1, -0.05) is 48.0 Å². The van der Waals surface area contributed by atoms with Gasteiger partial charge >= 0.3 is 0 Å². The predicted octanol–water partition coefficient (Wildman–Crippen LogP) is 2.74. The van der Waals surface area contributed by atoms with Gasteiger partial charge in [-0.3, -0.25) is 9.59 Å². The summed E-state index contributed by atoms with van der Waals surface area (Å²) in [5.41, 5.74) is -1.95. The van der Waals surface area contributed by atoms with E-state index in [9.17, 15) is 24.9 Å². The Bertz CT molecular complexity index is 485. The fraction of sp³-hybridized carbons (Fsp3) is 0.905. The summed E-state index contributed by atoms with van der Waals surface area (Å²) < 4.78 is 0. The molecule has 26 heavy (non-hydrogen) atoms. The topological polar surface area (TPSA) is 94.8 Å². The number of hydrogen-bond acceptors (Lipinski definition) is 5. The van der Waals surface area contributed by atoms with Gasteiger partial charge in [-0.15, -0.1) is 0 Å². The maximum absolute atomic E-state index is 13.0. The van der Waals surface area contributed by atoms with Gasteiger partial charge in [-0.05, 0) is 37.0 Å². The van der Waals surface area contributed by atoms with Crippen molar-refractivity contribution in [2.24, 2.45) is 29.6 Å². The first kappa shape index (κ1) is 23.3. The smallest absolute Gasteiger partial charge is 0.152 e. The van der Waals surface area contributed by atoms with Gasteiger partial charge < -0.3 is 15.3 Å². The van der Waals surface area contributed by atoms with E-state index in [4.69, 9.17) is 0 Å². The molecule has 1 aliphatic carbocycles. The molecule has 0 aromatic rings. The molecule has 5 atom stereocenters. The second kappa shape index (κ2) is 9.43. The van der Waals surface area contributed by atoms with Crippen molar-refractivity contribution in [2.45, 2.75) is 91.5 Å². The molecule has 0 aromatic heterocycles. The summed E-state index contributed by atoms with van der Waals surface area (Å²) in [6, 6.07) is 0. The monoisotopic (exact) mass is 370 g/mol. The van der Waals surface area contributed by atoms with Crippen molar-refractivity contribution < 1.29 is 24.9 Å². The van der Waals surface area contributed by atoms with E-state index >= 15 is 0 Å². The minimum Gasteiger partial charge on any atom is -0.390 e. The Morgan fingerprint density at radius 1 is 1.00 bits per heavy atom. The average Bonchev–Trinajstić information content (AvgIpc) is 2.69. The van der Waals surface area contributed by atoms with Crippen LogP contribution < -0.4 is 0 Å². The van der Waals surface area contributed by atoms with Gasteiger partial charge in [0.15, 0.2) is 5.78 Å². The fourth-order valence-corrected chi connectivity index (χ4v) is 3.96. The van der Waals surface area contributed by atoms with E-state index < -0.39 is 35.4 Å². The van der Waals surface area contributed by atoms with Gasteiger partial charge in [-0.2, -0.15) is 0 Å². The van der Waals surface area contributed by atoms with Crippen LogP contribution in [-0.4, -0.2) is 44.7 Å². The third-order valence-corrected chi connectivity index (χ3v) is 5.54. The minimum absolute atomic E-state index is 0.0659. The van der Waals surface area contributed by atoms with Crippen LogP contribution in [0.25, 0.3) is 0 Å². The Labute approximate surface area is 158 Å². The summed E-state index contributed by atoms with van der Waals surface area (Å²) in [7, 11) is 0. The van der Waals surface area contributed by atoms with Crippen molar-refractivity contribution in [3.8, 4) is 0 Å². The Balaban J connectivity index is 3.15. The van der Waals surface area contributed by atoms with Crippen LogP contribution >= 0.6 is 0 Å². The molecule has 0 spiro atoms. The molecule has 0 heterocycles. The molecule has 0 aliphatic heterocycles. The molecule has 1 aliphatic rings. The second-order valence-electron chi connectivity index (χ2n) is 9.29. The quantitative estimate of drug-likeness (QED) is 0.514. The summed E-state index contributed by atoms with van der Waals surface area (Å²) in [5, 5.41) is 32.7. The van der Waals surface area contributed by atoms with Crippen molar-refractivity contribution in [3.05, 3.63) is 0 Å². The zero-order chi connectivity index (χ0) is 20.2. The second-order valence-corrected chi connectivity index (χ2v) is 9.29. The van der Waals surface area contributed by atoms with Crippen molar-refractivity contribution in [2.75, 3.05) is 0 Å². The lowest BCUT2D eigenvalue weighted by Gasteiger charge is -2.37. The summed E-state index contributed by atoms with van der Waals surface area (Å²) >= 11 is 0. The van der Waals surface area contributed by atoms with Crippen LogP contribution in [0.5, 0.6) is 0 Å². The highest BCUT2D eigenvalue weighted by Crippen LogP contribution is 2.44. The average molecular weight is 371 g/mol. The molecule has 1 fully saturated rings. The Kier molecular flexibility index (Phi) is 8.43. The molecule has 5 heteroatoms. The first-order chi connectivity index (χ1) is 11.9. The van der Waals surface area contributed by atoms with Crippen LogP contribution in [0, 0.1) is 29.6 Å². The molecule has 1 saturated carbocycles. The normalized spacial score (nSPS) is 30.6. The molecule has 3 N–H and O–H groups in total. The molecule has 0 bridgehead atoms. The molecule has 0 aromatic carbocycles. The third-order valence-electron chi connectivity index (χ3n) is 5.54. The minimum atomic E-state index is -1.95. The van der Waals surface area contributed by atoms with Crippen LogP contribution in [0.2, 0.25) is 0 Å². The Morgan fingerprint density at radius 3 is 2.00 bits per heavy atom. The lowest BCUT2D eigenvalue weighted by Crippen LogP contribution is -2.55. The van der Waals surface area contributed by atoms with E-state index in [1.54, 1.807) is 0 Å². The van der Waals surface area contributed by atoms with Crippen molar-refractivity contribution >= 4 is 11.6 Å².